The van der Waals surface area contributed by atoms with Crippen molar-refractivity contribution in [1.29, 1.82) is 0 Å². The molecule has 2 fully saturated rings. The maximum Gasteiger partial charge on any atom is 0.410 e. The molecule has 2 amide bonds. The topological polar surface area (TPSA) is 59.1 Å². The Balaban J connectivity index is 1.38. The average molecular weight is 451 g/mol. The molecule has 1 saturated carbocycles. The van der Waals surface area contributed by atoms with Gasteiger partial charge in [-0.3, -0.25) is 4.79 Å². The van der Waals surface area contributed by atoms with Gasteiger partial charge in [0.1, 0.15) is 11.4 Å². The van der Waals surface area contributed by atoms with Gasteiger partial charge in [0.05, 0.1) is 16.7 Å². The molecule has 0 N–H and O–H groups in total. The molecule has 1 aromatic rings. The van der Waals surface area contributed by atoms with Crippen molar-refractivity contribution in [2.75, 3.05) is 27.2 Å². The highest BCUT2D eigenvalue weighted by Crippen LogP contribution is 2.38. The van der Waals surface area contributed by atoms with Gasteiger partial charge in [0.15, 0.2) is 0 Å². The normalized spacial score (nSPS) is 21.9. The molecule has 0 aromatic heterocycles. The van der Waals surface area contributed by atoms with Gasteiger partial charge >= 0.3 is 6.09 Å². The Kier molecular flexibility index (Phi) is 7.40. The standard InChI is InChI=1S/C24H35ClN2O4/c1-24(2,3)31-23(29)27-10-8-16(9-11-27)12-17-13-19(14-17)30-18-6-7-20(21(25)15-18)22(28)26(4)5/h6-7,15-17,19H,8-14H2,1-5H3/t17-,19-. The number of amides is 2. The largest absolute Gasteiger partial charge is 0.490 e. The van der Waals surface area contributed by atoms with E-state index < -0.39 is 5.60 Å². The first-order valence-electron chi connectivity index (χ1n) is 11.2. The number of hydrogen-bond acceptors (Lipinski definition) is 4. The molecule has 0 atom stereocenters. The van der Waals surface area contributed by atoms with Crippen LogP contribution in [0.1, 0.15) is 63.2 Å². The number of likely N-dealkylation sites (tertiary alicyclic amines) is 1. The molecular formula is C24H35ClN2O4. The minimum atomic E-state index is -0.443. The highest BCUT2D eigenvalue weighted by molar-refractivity contribution is 6.34. The molecule has 7 heteroatoms. The number of benzene rings is 1. The van der Waals surface area contributed by atoms with Gasteiger partial charge in [-0.1, -0.05) is 11.6 Å². The van der Waals surface area contributed by atoms with Gasteiger partial charge in [-0.25, -0.2) is 4.79 Å². The maximum atomic E-state index is 12.2. The summed E-state index contributed by atoms with van der Waals surface area (Å²) in [6.45, 7) is 7.26. The van der Waals surface area contributed by atoms with Gasteiger partial charge in [-0.05, 0) is 82.9 Å². The van der Waals surface area contributed by atoms with Crippen molar-refractivity contribution in [2.45, 2.75) is 64.6 Å². The third-order valence-corrected chi connectivity index (χ3v) is 6.32. The Labute approximate surface area is 190 Å². The van der Waals surface area contributed by atoms with E-state index in [-0.39, 0.29) is 18.1 Å². The van der Waals surface area contributed by atoms with E-state index in [1.807, 2.05) is 31.7 Å². The second-order valence-corrected chi connectivity index (χ2v) is 10.5. The van der Waals surface area contributed by atoms with Gasteiger partial charge in [0.2, 0.25) is 0 Å². The summed E-state index contributed by atoms with van der Waals surface area (Å²) < 4.78 is 11.5. The number of halogens is 1. The van der Waals surface area contributed by atoms with Gasteiger partial charge in [0.25, 0.3) is 5.91 Å². The van der Waals surface area contributed by atoms with Crippen LogP contribution in [0.25, 0.3) is 0 Å². The molecule has 1 aromatic carbocycles. The molecule has 31 heavy (non-hydrogen) atoms. The summed E-state index contributed by atoms with van der Waals surface area (Å²) in [6, 6.07) is 5.29. The van der Waals surface area contributed by atoms with E-state index in [0.29, 0.717) is 22.4 Å². The third-order valence-electron chi connectivity index (χ3n) is 6.01. The van der Waals surface area contributed by atoms with Crippen molar-refractivity contribution in [3.8, 4) is 5.75 Å². The molecule has 1 aliphatic heterocycles. The van der Waals surface area contributed by atoms with Crippen LogP contribution in [0.5, 0.6) is 5.75 Å². The summed E-state index contributed by atoms with van der Waals surface area (Å²) in [5.41, 5.74) is 0.0459. The number of hydrogen-bond donors (Lipinski definition) is 0. The molecule has 1 aliphatic carbocycles. The predicted molar refractivity (Wildman–Crippen MR) is 122 cm³/mol. The number of piperidine rings is 1. The van der Waals surface area contributed by atoms with Crippen LogP contribution in [-0.4, -0.2) is 60.7 Å². The van der Waals surface area contributed by atoms with Gasteiger partial charge < -0.3 is 19.3 Å². The van der Waals surface area contributed by atoms with Crippen LogP contribution >= 0.6 is 11.6 Å². The van der Waals surface area contributed by atoms with Gasteiger partial charge in [0, 0.05) is 27.2 Å². The lowest BCUT2D eigenvalue weighted by atomic mass is 9.74. The minimum absolute atomic E-state index is 0.113. The Morgan fingerprint density at radius 3 is 2.32 bits per heavy atom. The second-order valence-electron chi connectivity index (χ2n) is 10.1. The van der Waals surface area contributed by atoms with Crippen LogP contribution in [0.15, 0.2) is 18.2 Å². The van der Waals surface area contributed by atoms with Crippen LogP contribution in [0.4, 0.5) is 4.79 Å². The molecule has 0 unspecified atom stereocenters. The number of rotatable bonds is 5. The van der Waals surface area contributed by atoms with Crippen LogP contribution in [0.3, 0.4) is 0 Å². The van der Waals surface area contributed by atoms with Crippen molar-refractivity contribution in [3.63, 3.8) is 0 Å². The fourth-order valence-electron chi connectivity index (χ4n) is 4.29. The quantitative estimate of drug-likeness (QED) is 0.615. The van der Waals surface area contributed by atoms with E-state index in [0.717, 1.165) is 44.5 Å². The minimum Gasteiger partial charge on any atom is -0.490 e. The number of nitrogens with zero attached hydrogens (tertiary/aromatic N) is 2. The lowest BCUT2D eigenvalue weighted by Gasteiger charge is -2.39. The summed E-state index contributed by atoms with van der Waals surface area (Å²) in [5, 5.41) is 0.420. The summed E-state index contributed by atoms with van der Waals surface area (Å²) in [4.78, 5) is 27.6. The van der Waals surface area contributed by atoms with E-state index in [4.69, 9.17) is 21.1 Å². The highest BCUT2D eigenvalue weighted by Gasteiger charge is 2.34. The summed E-state index contributed by atoms with van der Waals surface area (Å²) >= 11 is 6.28. The molecular weight excluding hydrogens is 416 g/mol. The monoisotopic (exact) mass is 450 g/mol. The zero-order valence-corrected chi connectivity index (χ0v) is 20.1. The predicted octanol–water partition coefficient (Wildman–Crippen LogP) is 5.24. The van der Waals surface area contributed by atoms with E-state index >= 15 is 0 Å². The zero-order chi connectivity index (χ0) is 22.8. The first-order valence-corrected chi connectivity index (χ1v) is 11.6. The molecule has 1 heterocycles. The lowest BCUT2D eigenvalue weighted by Crippen LogP contribution is -2.42. The summed E-state index contributed by atoms with van der Waals surface area (Å²) in [6.07, 6.45) is 5.37. The van der Waals surface area contributed by atoms with Crippen LogP contribution < -0.4 is 4.74 Å². The zero-order valence-electron chi connectivity index (χ0n) is 19.3. The SMILES string of the molecule is CN(C)C(=O)c1ccc(O[C@H]2C[C@H](CC3CCN(C(=O)OC(C)(C)C)CC3)C2)cc1Cl. The molecule has 6 nitrogen and oxygen atoms in total. The van der Waals surface area contributed by atoms with Crippen molar-refractivity contribution < 1.29 is 19.1 Å². The van der Waals surface area contributed by atoms with Crippen molar-refractivity contribution >= 4 is 23.6 Å². The smallest absolute Gasteiger partial charge is 0.410 e. The average Bonchev–Trinajstić information content (AvgIpc) is 2.65. The molecule has 0 radical (unpaired) electrons. The maximum absolute atomic E-state index is 12.2. The number of carbonyl (C=O) groups excluding carboxylic acids is 2. The summed E-state index contributed by atoms with van der Waals surface area (Å²) in [7, 11) is 3.41. The fourth-order valence-corrected chi connectivity index (χ4v) is 4.54. The van der Waals surface area contributed by atoms with Gasteiger partial charge in [-0.15, -0.1) is 0 Å². The fraction of sp³-hybridized carbons (Fsp3) is 0.667. The van der Waals surface area contributed by atoms with Crippen LogP contribution in [0.2, 0.25) is 5.02 Å². The second kappa shape index (κ2) is 9.68. The van der Waals surface area contributed by atoms with Crippen molar-refractivity contribution in [3.05, 3.63) is 28.8 Å². The Hall–Kier alpha value is -1.95. The van der Waals surface area contributed by atoms with E-state index in [1.54, 1.807) is 26.2 Å². The number of carbonyl (C=O) groups is 2. The third kappa shape index (κ3) is 6.52. The van der Waals surface area contributed by atoms with Crippen LogP contribution in [0, 0.1) is 11.8 Å². The van der Waals surface area contributed by atoms with E-state index in [9.17, 15) is 9.59 Å². The first-order chi connectivity index (χ1) is 14.5. The molecule has 0 spiro atoms. The van der Waals surface area contributed by atoms with Crippen LogP contribution in [-0.2, 0) is 4.74 Å². The molecule has 172 valence electrons. The Morgan fingerprint density at radius 1 is 1.13 bits per heavy atom. The van der Waals surface area contributed by atoms with E-state index in [2.05, 4.69) is 0 Å². The molecule has 1 saturated heterocycles. The van der Waals surface area contributed by atoms with Gasteiger partial charge in [-0.2, -0.15) is 0 Å². The Bertz CT molecular complexity index is 791. The molecule has 0 bridgehead atoms. The Morgan fingerprint density at radius 2 is 1.77 bits per heavy atom. The lowest BCUT2D eigenvalue weighted by molar-refractivity contribution is 0.0134. The number of ether oxygens (including phenoxy) is 2. The first kappa shape index (κ1) is 23.7. The molecule has 3 rings (SSSR count). The molecule has 2 aliphatic rings. The van der Waals surface area contributed by atoms with Crippen molar-refractivity contribution in [2.24, 2.45) is 11.8 Å². The highest BCUT2D eigenvalue weighted by atomic mass is 35.5. The van der Waals surface area contributed by atoms with Crippen molar-refractivity contribution in [1.82, 2.24) is 9.80 Å². The summed E-state index contributed by atoms with van der Waals surface area (Å²) in [5.74, 6) is 1.94. The van der Waals surface area contributed by atoms with E-state index in [1.165, 1.54) is 11.3 Å².